The number of benzene rings is 2. The van der Waals surface area contributed by atoms with E-state index in [0.717, 1.165) is 12.8 Å². The fourth-order valence-electron chi connectivity index (χ4n) is 3.24. The van der Waals surface area contributed by atoms with Crippen LogP contribution in [-0.2, 0) is 5.41 Å². The molecule has 0 heterocycles. The number of aliphatic imine (C=N–C) groups is 1. The van der Waals surface area contributed by atoms with Crippen LogP contribution in [0.25, 0.3) is 0 Å². The molecule has 0 saturated heterocycles. The Bertz CT molecular complexity index is 800. The van der Waals surface area contributed by atoms with Crippen LogP contribution in [-0.4, -0.2) is 37.3 Å². The van der Waals surface area contributed by atoms with Crippen molar-refractivity contribution in [3.63, 3.8) is 0 Å². The van der Waals surface area contributed by atoms with Gasteiger partial charge in [0.05, 0.1) is 12.6 Å². The lowest BCUT2D eigenvalue weighted by molar-refractivity contribution is -0.0498. The molecule has 0 bridgehead atoms. The lowest BCUT2D eigenvalue weighted by Gasteiger charge is -2.18. The molecule has 1 aliphatic carbocycles. The maximum absolute atomic E-state index is 12.2. The van der Waals surface area contributed by atoms with E-state index in [2.05, 4.69) is 39.6 Å². The molecule has 30 heavy (non-hydrogen) atoms. The van der Waals surface area contributed by atoms with Gasteiger partial charge >= 0.3 is 6.61 Å². The minimum absolute atomic E-state index is 0. The predicted octanol–water partition coefficient (Wildman–Crippen LogP) is 4.23. The Morgan fingerprint density at radius 3 is 2.33 bits per heavy atom. The van der Waals surface area contributed by atoms with E-state index in [-0.39, 0.29) is 41.7 Å². The van der Waals surface area contributed by atoms with E-state index < -0.39 is 12.7 Å². The van der Waals surface area contributed by atoms with E-state index in [1.807, 2.05) is 13.0 Å². The summed E-state index contributed by atoms with van der Waals surface area (Å²) in [7, 11) is 0. The number of alkyl halides is 2. The summed E-state index contributed by atoms with van der Waals surface area (Å²) in [6, 6.07) is 16.4. The monoisotopic (exact) mass is 531 g/mol. The summed E-state index contributed by atoms with van der Waals surface area (Å²) in [5, 5.41) is 16.7. The fraction of sp³-hybridized carbons (Fsp3) is 0.409. The summed E-state index contributed by atoms with van der Waals surface area (Å²) >= 11 is 0. The second-order valence-electron chi connectivity index (χ2n) is 7.19. The van der Waals surface area contributed by atoms with Crippen LogP contribution >= 0.6 is 24.0 Å². The quantitative estimate of drug-likeness (QED) is 0.258. The molecule has 2 aromatic rings. The molecule has 1 saturated carbocycles. The highest BCUT2D eigenvalue weighted by atomic mass is 127. The Morgan fingerprint density at radius 2 is 1.77 bits per heavy atom. The molecule has 1 atom stereocenters. The van der Waals surface area contributed by atoms with Crippen LogP contribution in [0.3, 0.4) is 0 Å². The Labute approximate surface area is 193 Å². The van der Waals surface area contributed by atoms with Crippen LogP contribution in [0.5, 0.6) is 5.75 Å². The fourth-order valence-corrected chi connectivity index (χ4v) is 3.24. The highest BCUT2D eigenvalue weighted by Gasteiger charge is 2.43. The number of aliphatic hydroxyl groups is 1. The molecule has 3 N–H and O–H groups in total. The van der Waals surface area contributed by atoms with Gasteiger partial charge in [-0.15, -0.1) is 24.0 Å². The number of aliphatic hydroxyl groups excluding tert-OH is 1. The molecule has 0 aromatic heterocycles. The molecule has 0 spiro atoms. The van der Waals surface area contributed by atoms with Gasteiger partial charge in [0.2, 0.25) is 0 Å². The zero-order chi connectivity index (χ0) is 20.7. The molecule has 8 heteroatoms. The van der Waals surface area contributed by atoms with Crippen molar-refractivity contribution in [3.8, 4) is 5.75 Å². The van der Waals surface area contributed by atoms with Crippen molar-refractivity contribution >= 4 is 29.9 Å². The maximum Gasteiger partial charge on any atom is 0.387 e. The summed E-state index contributed by atoms with van der Waals surface area (Å²) in [6.45, 7) is 0.762. The van der Waals surface area contributed by atoms with Crippen LogP contribution in [0.1, 0.15) is 37.0 Å². The van der Waals surface area contributed by atoms with Crippen molar-refractivity contribution in [2.45, 2.75) is 37.9 Å². The van der Waals surface area contributed by atoms with Gasteiger partial charge in [0, 0.05) is 18.5 Å². The van der Waals surface area contributed by atoms with Crippen LogP contribution in [0.2, 0.25) is 0 Å². The number of hydrogen-bond donors (Lipinski definition) is 3. The van der Waals surface area contributed by atoms with E-state index in [0.29, 0.717) is 24.6 Å². The molecule has 164 valence electrons. The Hall–Kier alpha value is -1.94. The largest absolute Gasteiger partial charge is 0.435 e. The van der Waals surface area contributed by atoms with Crippen molar-refractivity contribution in [1.82, 2.24) is 10.6 Å². The molecule has 0 radical (unpaired) electrons. The van der Waals surface area contributed by atoms with Crippen molar-refractivity contribution < 1.29 is 18.6 Å². The van der Waals surface area contributed by atoms with Gasteiger partial charge in [-0.3, -0.25) is 4.99 Å². The molecular weight excluding hydrogens is 503 g/mol. The van der Waals surface area contributed by atoms with Gasteiger partial charge in [0.1, 0.15) is 5.75 Å². The lowest BCUT2D eigenvalue weighted by atomic mass is 9.96. The second kappa shape index (κ2) is 11.5. The minimum Gasteiger partial charge on any atom is -0.435 e. The molecular formula is C22H28F2IN3O2. The van der Waals surface area contributed by atoms with E-state index >= 15 is 0 Å². The van der Waals surface area contributed by atoms with Crippen LogP contribution in [0.15, 0.2) is 59.6 Å². The van der Waals surface area contributed by atoms with Gasteiger partial charge in [0.25, 0.3) is 0 Å². The first kappa shape index (κ1) is 24.3. The van der Waals surface area contributed by atoms with Crippen LogP contribution < -0.4 is 15.4 Å². The molecule has 0 aliphatic heterocycles. The topological polar surface area (TPSA) is 65.9 Å². The third kappa shape index (κ3) is 6.80. The first-order valence-corrected chi connectivity index (χ1v) is 9.83. The van der Waals surface area contributed by atoms with Crippen LogP contribution in [0.4, 0.5) is 8.78 Å². The standard InChI is InChI=1S/C22H27F2N3O2.HI/c1-2-25-21(27-15-22(12-13-22)17-6-4-3-5-7-17)26-14-19(28)16-8-10-18(11-9-16)29-20(23)24;/h3-11,19-20,28H,2,12-15H2,1H3,(H2,25,26,27);1H. The average Bonchev–Trinajstić information content (AvgIpc) is 3.52. The van der Waals surface area contributed by atoms with Gasteiger partial charge in [-0.2, -0.15) is 8.78 Å². The number of nitrogens with zero attached hydrogens (tertiary/aromatic N) is 1. The molecule has 0 amide bonds. The lowest BCUT2D eigenvalue weighted by Crippen LogP contribution is -2.40. The average molecular weight is 531 g/mol. The zero-order valence-corrected chi connectivity index (χ0v) is 19.2. The van der Waals surface area contributed by atoms with Crippen molar-refractivity contribution in [1.29, 1.82) is 0 Å². The van der Waals surface area contributed by atoms with Crippen LogP contribution in [0, 0.1) is 0 Å². The van der Waals surface area contributed by atoms with E-state index in [1.54, 1.807) is 12.1 Å². The zero-order valence-electron chi connectivity index (χ0n) is 16.9. The van der Waals surface area contributed by atoms with Gasteiger partial charge in [-0.1, -0.05) is 42.5 Å². The summed E-state index contributed by atoms with van der Waals surface area (Å²) < 4.78 is 28.8. The summed E-state index contributed by atoms with van der Waals surface area (Å²) in [5.41, 5.74) is 2.03. The van der Waals surface area contributed by atoms with Gasteiger partial charge < -0.3 is 20.5 Å². The van der Waals surface area contributed by atoms with E-state index in [1.165, 1.54) is 17.7 Å². The second-order valence-corrected chi connectivity index (χ2v) is 7.19. The van der Waals surface area contributed by atoms with E-state index in [4.69, 9.17) is 4.99 Å². The predicted molar refractivity (Wildman–Crippen MR) is 125 cm³/mol. The SMILES string of the molecule is CCNC(=NCC1(c2ccccc2)CC1)NCC(O)c1ccc(OC(F)F)cc1.I. The number of guanidine groups is 1. The van der Waals surface area contributed by atoms with Gasteiger partial charge in [-0.05, 0) is 43.0 Å². The first-order chi connectivity index (χ1) is 14.0. The minimum atomic E-state index is -2.86. The van der Waals surface area contributed by atoms with Gasteiger partial charge in [0.15, 0.2) is 5.96 Å². The summed E-state index contributed by atoms with van der Waals surface area (Å²) in [6.07, 6.45) is 1.44. The molecule has 3 rings (SSSR count). The smallest absolute Gasteiger partial charge is 0.387 e. The Morgan fingerprint density at radius 1 is 1.10 bits per heavy atom. The molecule has 2 aromatic carbocycles. The highest BCUT2D eigenvalue weighted by Crippen LogP contribution is 2.48. The molecule has 5 nitrogen and oxygen atoms in total. The summed E-state index contributed by atoms with van der Waals surface area (Å²) in [5.74, 6) is 0.709. The Balaban J connectivity index is 0.00000320. The van der Waals surface area contributed by atoms with E-state index in [9.17, 15) is 13.9 Å². The number of rotatable bonds is 9. The normalized spacial score (nSPS) is 15.8. The molecule has 1 aliphatic rings. The number of ether oxygens (including phenoxy) is 1. The third-order valence-corrected chi connectivity index (χ3v) is 5.08. The summed E-state index contributed by atoms with van der Waals surface area (Å²) in [4.78, 5) is 4.72. The maximum atomic E-state index is 12.2. The number of hydrogen-bond acceptors (Lipinski definition) is 3. The molecule has 1 unspecified atom stereocenters. The Kier molecular flexibility index (Phi) is 9.29. The highest BCUT2D eigenvalue weighted by molar-refractivity contribution is 14.0. The van der Waals surface area contributed by atoms with Crippen molar-refractivity contribution in [3.05, 3.63) is 65.7 Å². The number of halogens is 3. The van der Waals surface area contributed by atoms with Crippen molar-refractivity contribution in [2.75, 3.05) is 19.6 Å². The third-order valence-electron chi connectivity index (χ3n) is 5.08. The first-order valence-electron chi connectivity index (χ1n) is 9.83. The molecule has 1 fully saturated rings. The van der Waals surface area contributed by atoms with Gasteiger partial charge in [-0.25, -0.2) is 0 Å². The van der Waals surface area contributed by atoms with Crippen molar-refractivity contribution in [2.24, 2.45) is 4.99 Å². The number of nitrogens with one attached hydrogen (secondary N) is 2.